The van der Waals surface area contributed by atoms with Crippen LogP contribution >= 0.6 is 0 Å². The molecular weight excluding hydrogens is 727 g/mol. The van der Waals surface area contributed by atoms with Gasteiger partial charge in [0.15, 0.2) is 5.58 Å². The Bertz CT molecular complexity index is 3300. The summed E-state index contributed by atoms with van der Waals surface area (Å²) in [5.41, 5.74) is 16.7. The van der Waals surface area contributed by atoms with Gasteiger partial charge in [0.2, 0.25) is 0 Å². The molecule has 0 fully saturated rings. The normalized spacial score (nSPS) is 11.3. The fourth-order valence-electron chi connectivity index (χ4n) is 8.94. The van der Waals surface area contributed by atoms with Crippen LogP contribution in [0.4, 0.5) is 17.1 Å². The molecule has 2 nitrogen and oxygen atoms in total. The van der Waals surface area contributed by atoms with E-state index in [9.17, 15) is 0 Å². The van der Waals surface area contributed by atoms with Crippen LogP contribution in [0.25, 0.3) is 88.3 Å². The van der Waals surface area contributed by atoms with Crippen LogP contribution in [0, 0.1) is 0 Å². The van der Waals surface area contributed by atoms with Gasteiger partial charge in [-0.3, -0.25) is 0 Å². The Labute approximate surface area is 349 Å². The van der Waals surface area contributed by atoms with Gasteiger partial charge in [-0.1, -0.05) is 200 Å². The minimum Gasteiger partial charge on any atom is -0.454 e. The molecule has 2 heteroatoms. The monoisotopic (exact) mass is 765 g/mol. The lowest BCUT2D eigenvalue weighted by atomic mass is 9.89. The third kappa shape index (κ3) is 6.23. The Morgan fingerprint density at radius 1 is 0.300 bits per heavy atom. The predicted octanol–water partition coefficient (Wildman–Crippen LogP) is 16.5. The maximum atomic E-state index is 6.71. The van der Waals surface area contributed by atoms with Crippen molar-refractivity contribution in [3.8, 4) is 55.6 Å². The molecule has 11 aromatic rings. The molecule has 0 N–H and O–H groups in total. The van der Waals surface area contributed by atoms with Crippen LogP contribution in [0.5, 0.6) is 0 Å². The Morgan fingerprint density at radius 3 is 1.47 bits per heavy atom. The van der Waals surface area contributed by atoms with Crippen molar-refractivity contribution >= 4 is 49.8 Å². The quantitative estimate of drug-likeness (QED) is 0.153. The largest absolute Gasteiger partial charge is 0.454 e. The van der Waals surface area contributed by atoms with Gasteiger partial charge in [0.1, 0.15) is 5.58 Å². The van der Waals surface area contributed by atoms with Gasteiger partial charge in [-0.25, -0.2) is 0 Å². The second kappa shape index (κ2) is 15.1. The van der Waals surface area contributed by atoms with Crippen LogP contribution < -0.4 is 4.90 Å². The van der Waals surface area contributed by atoms with Gasteiger partial charge in [0, 0.05) is 22.1 Å². The van der Waals surface area contributed by atoms with Crippen LogP contribution in [0.3, 0.4) is 0 Å². The first-order chi connectivity index (χ1) is 29.8. The molecule has 0 atom stereocenters. The number of hydrogen-bond donors (Lipinski definition) is 0. The van der Waals surface area contributed by atoms with Crippen molar-refractivity contribution in [2.24, 2.45) is 0 Å². The van der Waals surface area contributed by atoms with Gasteiger partial charge >= 0.3 is 0 Å². The highest BCUT2D eigenvalue weighted by Crippen LogP contribution is 2.45. The van der Waals surface area contributed by atoms with Crippen LogP contribution in [0.15, 0.2) is 241 Å². The summed E-state index contributed by atoms with van der Waals surface area (Å²) in [4.78, 5) is 2.35. The zero-order valence-corrected chi connectivity index (χ0v) is 32.9. The van der Waals surface area contributed by atoms with E-state index in [0.717, 1.165) is 50.1 Å². The standard InChI is InChI=1S/C58H39NO/c1-3-17-40(18-4-1)47-25-7-9-27-51(47)52-28-10-8-26-48(52)42-35-37-45(38-36-42)59(55-33-16-32-54-53-29-11-12-34-56(53)60-58(54)55)46-24-13-23-44(39-46)50-31-15-22-43-21-14-30-49(57(43)50)41-19-5-2-6-20-41/h1-39H. The third-order valence-electron chi connectivity index (χ3n) is 11.7. The molecule has 282 valence electrons. The van der Waals surface area contributed by atoms with E-state index in [0.29, 0.717) is 0 Å². The molecular formula is C58H39NO. The predicted molar refractivity (Wildman–Crippen MR) is 253 cm³/mol. The second-order valence-electron chi connectivity index (χ2n) is 15.2. The summed E-state index contributed by atoms with van der Waals surface area (Å²) in [6.07, 6.45) is 0. The van der Waals surface area contributed by atoms with Gasteiger partial charge in [0.05, 0.1) is 5.69 Å². The SMILES string of the molecule is c1ccc(-c2ccccc2-c2ccccc2-c2ccc(N(c3cccc(-c4cccc5cccc(-c6ccccc6)c45)c3)c3cccc4c3oc3ccccc34)cc2)cc1. The summed E-state index contributed by atoms with van der Waals surface area (Å²) in [5.74, 6) is 0. The Hall–Kier alpha value is -7.94. The summed E-state index contributed by atoms with van der Waals surface area (Å²) in [6, 6.07) is 84.7. The highest BCUT2D eigenvalue weighted by molar-refractivity contribution is 6.11. The van der Waals surface area contributed by atoms with Crippen molar-refractivity contribution in [2.45, 2.75) is 0 Å². The summed E-state index contributed by atoms with van der Waals surface area (Å²) in [6.45, 7) is 0. The van der Waals surface area contributed by atoms with Crippen molar-refractivity contribution < 1.29 is 4.42 Å². The number of nitrogens with zero attached hydrogens (tertiary/aromatic N) is 1. The van der Waals surface area contributed by atoms with Crippen molar-refractivity contribution in [3.05, 3.63) is 237 Å². The summed E-state index contributed by atoms with van der Waals surface area (Å²) in [5, 5.41) is 4.65. The Morgan fingerprint density at radius 2 is 0.783 bits per heavy atom. The minimum atomic E-state index is 0.854. The van der Waals surface area contributed by atoms with E-state index in [2.05, 4.69) is 235 Å². The second-order valence-corrected chi connectivity index (χ2v) is 15.2. The lowest BCUT2D eigenvalue weighted by Gasteiger charge is -2.26. The van der Waals surface area contributed by atoms with Crippen molar-refractivity contribution in [1.29, 1.82) is 0 Å². The van der Waals surface area contributed by atoms with Crippen molar-refractivity contribution in [1.82, 2.24) is 0 Å². The maximum absolute atomic E-state index is 6.71. The number of anilines is 3. The molecule has 0 aliphatic carbocycles. The molecule has 0 radical (unpaired) electrons. The van der Waals surface area contributed by atoms with E-state index in [1.807, 2.05) is 6.07 Å². The zero-order chi connectivity index (χ0) is 39.8. The van der Waals surface area contributed by atoms with E-state index >= 15 is 0 Å². The van der Waals surface area contributed by atoms with Gasteiger partial charge in [-0.15, -0.1) is 0 Å². The van der Waals surface area contributed by atoms with Crippen molar-refractivity contribution in [2.75, 3.05) is 4.90 Å². The highest BCUT2D eigenvalue weighted by Gasteiger charge is 2.21. The lowest BCUT2D eigenvalue weighted by Crippen LogP contribution is -2.10. The number of fused-ring (bicyclic) bond motifs is 4. The summed E-state index contributed by atoms with van der Waals surface area (Å²) < 4.78 is 6.71. The first kappa shape index (κ1) is 35.2. The molecule has 0 bridgehead atoms. The molecule has 60 heavy (non-hydrogen) atoms. The lowest BCUT2D eigenvalue weighted by molar-refractivity contribution is 0.669. The Kier molecular flexibility index (Phi) is 8.87. The molecule has 10 aromatic carbocycles. The van der Waals surface area contributed by atoms with Gasteiger partial charge in [-0.05, 0) is 103 Å². The number of para-hydroxylation sites is 2. The number of hydrogen-bond acceptors (Lipinski definition) is 2. The van der Waals surface area contributed by atoms with E-state index < -0.39 is 0 Å². The number of benzene rings is 10. The van der Waals surface area contributed by atoms with Crippen LogP contribution in [-0.4, -0.2) is 0 Å². The van der Waals surface area contributed by atoms with Crippen LogP contribution in [0.2, 0.25) is 0 Å². The molecule has 0 amide bonds. The molecule has 0 aliphatic rings. The highest BCUT2D eigenvalue weighted by atomic mass is 16.3. The van der Waals surface area contributed by atoms with Crippen LogP contribution in [0.1, 0.15) is 0 Å². The summed E-state index contributed by atoms with van der Waals surface area (Å²) in [7, 11) is 0. The first-order valence-electron chi connectivity index (χ1n) is 20.5. The molecule has 11 rings (SSSR count). The van der Waals surface area contributed by atoms with Gasteiger partial charge in [-0.2, -0.15) is 0 Å². The number of rotatable bonds is 8. The topological polar surface area (TPSA) is 16.4 Å². The van der Waals surface area contributed by atoms with Crippen molar-refractivity contribution in [3.63, 3.8) is 0 Å². The fourth-order valence-corrected chi connectivity index (χ4v) is 8.94. The third-order valence-corrected chi connectivity index (χ3v) is 11.7. The molecule has 0 saturated heterocycles. The maximum Gasteiger partial charge on any atom is 0.159 e. The van der Waals surface area contributed by atoms with E-state index in [1.165, 1.54) is 55.3 Å². The molecule has 1 heterocycles. The molecule has 1 aromatic heterocycles. The van der Waals surface area contributed by atoms with Crippen LogP contribution in [-0.2, 0) is 0 Å². The fraction of sp³-hybridized carbons (Fsp3) is 0. The van der Waals surface area contributed by atoms with E-state index in [-0.39, 0.29) is 0 Å². The number of furan rings is 1. The minimum absolute atomic E-state index is 0.854. The first-order valence-corrected chi connectivity index (χ1v) is 20.5. The zero-order valence-electron chi connectivity index (χ0n) is 32.9. The van der Waals surface area contributed by atoms with Gasteiger partial charge in [0.25, 0.3) is 0 Å². The Balaban J connectivity index is 1.07. The molecule has 0 spiro atoms. The molecule has 0 aliphatic heterocycles. The average Bonchev–Trinajstić information content (AvgIpc) is 3.72. The molecule has 0 unspecified atom stereocenters. The van der Waals surface area contributed by atoms with E-state index in [4.69, 9.17) is 4.42 Å². The van der Waals surface area contributed by atoms with E-state index in [1.54, 1.807) is 0 Å². The average molecular weight is 766 g/mol. The molecule has 0 saturated carbocycles. The smallest absolute Gasteiger partial charge is 0.159 e. The summed E-state index contributed by atoms with van der Waals surface area (Å²) >= 11 is 0. The van der Waals surface area contributed by atoms with Gasteiger partial charge < -0.3 is 9.32 Å².